The van der Waals surface area contributed by atoms with Gasteiger partial charge in [0, 0.05) is 11.1 Å². The molecule has 1 aliphatic carbocycles. The van der Waals surface area contributed by atoms with Gasteiger partial charge in [0.2, 0.25) is 5.91 Å². The molecular weight excluding hydrogens is 340 g/mol. The third kappa shape index (κ3) is 4.35. The molecule has 2 atom stereocenters. The fraction of sp³-hybridized carbons (Fsp3) is 0.500. The Hall–Kier alpha value is -1.35. The first kappa shape index (κ1) is 18.0. The molecule has 0 bridgehead atoms. The Bertz CT molecular complexity index is 657. The number of nitriles is 1. The Labute approximate surface area is 145 Å². The molecule has 0 spiro atoms. The molecule has 1 amide bonds. The first-order chi connectivity index (χ1) is 10.8. The highest BCUT2D eigenvalue weighted by Crippen LogP contribution is 2.39. The summed E-state index contributed by atoms with van der Waals surface area (Å²) in [5.74, 6) is -0.623. The number of nitrogens with one attached hydrogen (secondary N) is 2. The Kier molecular flexibility index (Phi) is 5.51. The van der Waals surface area contributed by atoms with Gasteiger partial charge in [-0.25, -0.2) is 4.39 Å². The van der Waals surface area contributed by atoms with E-state index in [1.54, 1.807) is 13.8 Å². The molecule has 23 heavy (non-hydrogen) atoms. The highest BCUT2D eigenvalue weighted by Gasteiger charge is 2.42. The van der Waals surface area contributed by atoms with E-state index in [-0.39, 0.29) is 29.4 Å². The molecule has 0 aromatic heterocycles. The maximum absolute atomic E-state index is 13.5. The Morgan fingerprint density at radius 3 is 2.70 bits per heavy atom. The summed E-state index contributed by atoms with van der Waals surface area (Å²) in [7, 11) is 0. The average molecular weight is 358 g/mol. The van der Waals surface area contributed by atoms with Crippen LogP contribution in [0.5, 0.6) is 0 Å². The van der Waals surface area contributed by atoms with Crippen LogP contribution in [0.2, 0.25) is 10.0 Å². The van der Waals surface area contributed by atoms with Crippen molar-refractivity contribution in [3.05, 3.63) is 33.6 Å². The van der Waals surface area contributed by atoms with Crippen molar-refractivity contribution in [3.8, 4) is 6.07 Å². The van der Waals surface area contributed by atoms with E-state index in [0.717, 1.165) is 12.8 Å². The molecule has 0 aliphatic heterocycles. The monoisotopic (exact) mass is 357 g/mol. The molecule has 124 valence electrons. The highest BCUT2D eigenvalue weighted by atomic mass is 35.5. The Balaban J connectivity index is 1.94. The predicted molar refractivity (Wildman–Crippen MR) is 87.7 cm³/mol. The van der Waals surface area contributed by atoms with Crippen LogP contribution >= 0.6 is 23.2 Å². The third-order valence-corrected chi connectivity index (χ3v) is 4.72. The molecule has 1 aromatic carbocycles. The highest BCUT2D eigenvalue weighted by molar-refractivity contribution is 6.35. The second-order valence-electron chi connectivity index (χ2n) is 6.03. The smallest absolute Gasteiger partial charge is 0.235 e. The summed E-state index contributed by atoms with van der Waals surface area (Å²) in [6, 6.07) is 4.42. The molecule has 0 radical (unpaired) electrons. The maximum atomic E-state index is 13.5. The van der Waals surface area contributed by atoms with Gasteiger partial charge in [-0.3, -0.25) is 4.79 Å². The number of carbonyl (C=O) groups is 1. The SMILES string of the molecule is C[C@@H](NCC(=O)N[C@@](C)(C#N)C1CC1)c1cc(F)c(Cl)cc1Cl. The summed E-state index contributed by atoms with van der Waals surface area (Å²) in [6.07, 6.45) is 1.90. The quantitative estimate of drug-likeness (QED) is 0.764. The maximum Gasteiger partial charge on any atom is 0.235 e. The topological polar surface area (TPSA) is 64.9 Å². The summed E-state index contributed by atoms with van der Waals surface area (Å²) in [5, 5.41) is 15.3. The average Bonchev–Trinajstić information content (AvgIpc) is 3.33. The van der Waals surface area contributed by atoms with Crippen LogP contribution in [-0.2, 0) is 4.79 Å². The van der Waals surface area contributed by atoms with Crippen LogP contribution in [0.25, 0.3) is 0 Å². The number of amides is 1. The minimum atomic E-state index is -0.827. The van der Waals surface area contributed by atoms with Gasteiger partial charge in [-0.05, 0) is 50.3 Å². The van der Waals surface area contributed by atoms with E-state index in [0.29, 0.717) is 10.6 Å². The van der Waals surface area contributed by atoms with Gasteiger partial charge in [0.1, 0.15) is 11.4 Å². The van der Waals surface area contributed by atoms with E-state index in [4.69, 9.17) is 23.2 Å². The van der Waals surface area contributed by atoms with Crippen LogP contribution in [-0.4, -0.2) is 18.0 Å². The minimum absolute atomic E-state index is 0.00569. The van der Waals surface area contributed by atoms with E-state index < -0.39 is 11.4 Å². The van der Waals surface area contributed by atoms with E-state index in [1.165, 1.54) is 12.1 Å². The standard InChI is InChI=1S/C16H18Cl2FN3O/c1-9(11-5-14(19)13(18)6-12(11)17)21-7-15(23)22-16(2,8-20)10-3-4-10/h5-6,9-10,21H,3-4,7H2,1-2H3,(H,22,23)/t9-,16+/m1/s1. The van der Waals surface area contributed by atoms with Crippen molar-refractivity contribution in [3.63, 3.8) is 0 Å². The van der Waals surface area contributed by atoms with E-state index >= 15 is 0 Å². The van der Waals surface area contributed by atoms with Gasteiger partial charge in [-0.1, -0.05) is 23.2 Å². The Morgan fingerprint density at radius 2 is 2.13 bits per heavy atom. The Morgan fingerprint density at radius 1 is 1.48 bits per heavy atom. The van der Waals surface area contributed by atoms with Crippen LogP contribution in [0.4, 0.5) is 4.39 Å². The largest absolute Gasteiger partial charge is 0.337 e. The van der Waals surface area contributed by atoms with Crippen molar-refractivity contribution in [2.45, 2.75) is 38.3 Å². The molecule has 0 unspecified atom stereocenters. The first-order valence-electron chi connectivity index (χ1n) is 7.37. The molecule has 1 fully saturated rings. The number of hydrogen-bond donors (Lipinski definition) is 2. The zero-order valence-electron chi connectivity index (χ0n) is 12.9. The predicted octanol–water partition coefficient (Wildman–Crippen LogP) is 3.59. The normalized spacial score (nSPS) is 17.9. The minimum Gasteiger partial charge on any atom is -0.337 e. The van der Waals surface area contributed by atoms with Crippen molar-refractivity contribution in [2.24, 2.45) is 5.92 Å². The summed E-state index contributed by atoms with van der Waals surface area (Å²) < 4.78 is 13.5. The van der Waals surface area contributed by atoms with E-state index in [2.05, 4.69) is 16.7 Å². The van der Waals surface area contributed by atoms with Gasteiger partial charge < -0.3 is 10.6 Å². The number of hydrogen-bond acceptors (Lipinski definition) is 3. The van der Waals surface area contributed by atoms with E-state index in [9.17, 15) is 14.4 Å². The first-order valence-corrected chi connectivity index (χ1v) is 8.12. The second kappa shape index (κ2) is 7.04. The second-order valence-corrected chi connectivity index (χ2v) is 6.84. The molecule has 0 saturated heterocycles. The molecule has 1 aliphatic rings. The van der Waals surface area contributed by atoms with E-state index in [1.807, 2.05) is 0 Å². The fourth-order valence-electron chi connectivity index (χ4n) is 2.44. The lowest BCUT2D eigenvalue weighted by Gasteiger charge is -2.24. The number of carbonyl (C=O) groups excluding carboxylic acids is 1. The zero-order valence-corrected chi connectivity index (χ0v) is 14.4. The summed E-state index contributed by atoms with van der Waals surface area (Å²) in [4.78, 5) is 12.0. The van der Waals surface area contributed by atoms with Crippen molar-refractivity contribution < 1.29 is 9.18 Å². The molecular formula is C16H18Cl2FN3O. The van der Waals surface area contributed by atoms with Crippen molar-refractivity contribution in [1.29, 1.82) is 5.26 Å². The van der Waals surface area contributed by atoms with Crippen LogP contribution in [0.1, 0.15) is 38.3 Å². The summed E-state index contributed by atoms with van der Waals surface area (Å²) in [5.41, 5.74) is -0.307. The van der Waals surface area contributed by atoms with Gasteiger partial charge in [-0.15, -0.1) is 0 Å². The number of halogens is 3. The lowest BCUT2D eigenvalue weighted by molar-refractivity contribution is -0.121. The van der Waals surface area contributed by atoms with Crippen LogP contribution in [0.15, 0.2) is 12.1 Å². The van der Waals surface area contributed by atoms with Gasteiger partial charge in [0.25, 0.3) is 0 Å². The molecule has 1 saturated carbocycles. The van der Waals surface area contributed by atoms with Crippen molar-refractivity contribution in [1.82, 2.24) is 10.6 Å². The van der Waals surface area contributed by atoms with Gasteiger partial charge in [0.15, 0.2) is 0 Å². The molecule has 0 heterocycles. The lowest BCUT2D eigenvalue weighted by Crippen LogP contribution is -2.49. The molecule has 4 nitrogen and oxygen atoms in total. The molecule has 2 rings (SSSR count). The van der Waals surface area contributed by atoms with Crippen molar-refractivity contribution in [2.75, 3.05) is 6.54 Å². The molecule has 2 N–H and O–H groups in total. The van der Waals surface area contributed by atoms with Gasteiger partial charge in [-0.2, -0.15) is 5.26 Å². The van der Waals surface area contributed by atoms with Crippen LogP contribution in [0.3, 0.4) is 0 Å². The number of benzene rings is 1. The van der Waals surface area contributed by atoms with Gasteiger partial charge >= 0.3 is 0 Å². The zero-order chi connectivity index (χ0) is 17.2. The summed E-state index contributed by atoms with van der Waals surface area (Å²) in [6.45, 7) is 3.51. The number of rotatable bonds is 6. The van der Waals surface area contributed by atoms with Gasteiger partial charge in [0.05, 0.1) is 17.6 Å². The van der Waals surface area contributed by atoms with Crippen molar-refractivity contribution >= 4 is 29.1 Å². The summed E-state index contributed by atoms with van der Waals surface area (Å²) >= 11 is 11.7. The third-order valence-electron chi connectivity index (χ3n) is 4.10. The van der Waals surface area contributed by atoms with Crippen LogP contribution < -0.4 is 10.6 Å². The lowest BCUT2D eigenvalue weighted by atomic mass is 9.98. The number of nitrogens with zero attached hydrogens (tertiary/aromatic N) is 1. The molecule has 1 aromatic rings. The fourth-order valence-corrected chi connectivity index (χ4v) is 2.99. The molecule has 7 heteroatoms. The van der Waals surface area contributed by atoms with Crippen LogP contribution in [0, 0.1) is 23.1 Å².